The second kappa shape index (κ2) is 7.42. The summed E-state index contributed by atoms with van der Waals surface area (Å²) in [7, 11) is 0. The van der Waals surface area contributed by atoms with Crippen molar-refractivity contribution < 1.29 is 13.6 Å². The summed E-state index contributed by atoms with van der Waals surface area (Å²) < 4.78 is 18.8. The first-order chi connectivity index (χ1) is 13.1. The highest BCUT2D eigenvalue weighted by atomic mass is 35.5. The van der Waals surface area contributed by atoms with Crippen LogP contribution in [0.1, 0.15) is 5.76 Å². The third-order valence-electron chi connectivity index (χ3n) is 3.72. The number of furan rings is 1. The summed E-state index contributed by atoms with van der Waals surface area (Å²) in [5.41, 5.74) is 1.41. The molecule has 1 fully saturated rings. The highest BCUT2D eigenvalue weighted by Crippen LogP contribution is 2.30. The lowest BCUT2D eigenvalue weighted by Crippen LogP contribution is -2.19. The van der Waals surface area contributed by atoms with Crippen LogP contribution in [0.4, 0.5) is 10.1 Å². The lowest BCUT2D eigenvalue weighted by atomic mass is 10.2. The lowest BCUT2D eigenvalue weighted by Gasteiger charge is -1.97. The maximum absolute atomic E-state index is 13.0. The van der Waals surface area contributed by atoms with E-state index in [1.54, 1.807) is 30.3 Å². The number of thioether (sulfide) groups is 1. The Bertz CT molecular complexity index is 1070. The molecule has 2 heterocycles. The third-order valence-corrected chi connectivity index (χ3v) is 4.86. The average Bonchev–Trinajstić information content (AvgIpc) is 3.24. The van der Waals surface area contributed by atoms with Gasteiger partial charge in [-0.1, -0.05) is 23.7 Å². The Morgan fingerprint density at radius 1 is 1.11 bits per heavy atom. The molecule has 1 N–H and O–H groups in total. The number of carbonyl (C=O) groups excluding carboxylic acids is 1. The van der Waals surface area contributed by atoms with Crippen molar-refractivity contribution in [1.82, 2.24) is 5.32 Å². The Balaban J connectivity index is 1.54. The zero-order valence-corrected chi connectivity index (χ0v) is 15.4. The molecule has 0 bridgehead atoms. The number of aliphatic imine (C=N–C) groups is 1. The number of nitrogens with zero attached hydrogens (tertiary/aromatic N) is 1. The van der Waals surface area contributed by atoms with Crippen LogP contribution in [-0.2, 0) is 4.79 Å². The maximum Gasteiger partial charge on any atom is 0.264 e. The first kappa shape index (κ1) is 17.6. The van der Waals surface area contributed by atoms with Gasteiger partial charge in [0.05, 0.1) is 10.6 Å². The number of rotatable bonds is 3. The topological polar surface area (TPSA) is 54.6 Å². The molecule has 0 aliphatic carbocycles. The lowest BCUT2D eigenvalue weighted by molar-refractivity contribution is -0.115. The predicted octanol–water partition coefficient (Wildman–Crippen LogP) is 5.63. The van der Waals surface area contributed by atoms with Gasteiger partial charge in [0.25, 0.3) is 5.91 Å². The van der Waals surface area contributed by atoms with E-state index in [-0.39, 0.29) is 11.7 Å². The minimum absolute atomic E-state index is 0.262. The highest BCUT2D eigenvalue weighted by molar-refractivity contribution is 8.18. The van der Waals surface area contributed by atoms with E-state index < -0.39 is 0 Å². The van der Waals surface area contributed by atoms with Crippen LogP contribution in [0.3, 0.4) is 0 Å². The number of halogens is 2. The van der Waals surface area contributed by atoms with Crippen LogP contribution in [0.5, 0.6) is 0 Å². The Hall–Kier alpha value is -2.83. The monoisotopic (exact) mass is 398 g/mol. The highest BCUT2D eigenvalue weighted by Gasteiger charge is 2.24. The number of nitrogens with one attached hydrogen (secondary N) is 1. The summed E-state index contributed by atoms with van der Waals surface area (Å²) in [5.74, 6) is 0.608. The summed E-state index contributed by atoms with van der Waals surface area (Å²) in [6.07, 6.45) is 1.65. The van der Waals surface area contributed by atoms with Gasteiger partial charge in [0, 0.05) is 16.7 Å². The molecule has 4 nitrogen and oxygen atoms in total. The second-order valence-electron chi connectivity index (χ2n) is 5.67. The van der Waals surface area contributed by atoms with Gasteiger partial charge < -0.3 is 9.73 Å². The fourth-order valence-electron chi connectivity index (χ4n) is 2.47. The van der Waals surface area contributed by atoms with E-state index in [9.17, 15) is 9.18 Å². The van der Waals surface area contributed by atoms with Crippen molar-refractivity contribution in [2.24, 2.45) is 4.99 Å². The van der Waals surface area contributed by atoms with Gasteiger partial charge in [0.15, 0.2) is 5.17 Å². The average molecular weight is 399 g/mol. The Labute approximate surface area is 163 Å². The summed E-state index contributed by atoms with van der Waals surface area (Å²) in [6.45, 7) is 0. The molecule has 2 aromatic carbocycles. The minimum Gasteiger partial charge on any atom is -0.457 e. The molecular weight excluding hydrogens is 387 g/mol. The van der Waals surface area contributed by atoms with E-state index in [1.165, 1.54) is 23.9 Å². The Kier molecular flexibility index (Phi) is 4.83. The number of carbonyl (C=O) groups is 1. The smallest absolute Gasteiger partial charge is 0.264 e. The van der Waals surface area contributed by atoms with Gasteiger partial charge in [0.2, 0.25) is 0 Å². The molecule has 0 radical (unpaired) electrons. The van der Waals surface area contributed by atoms with E-state index >= 15 is 0 Å². The number of amides is 1. The minimum atomic E-state index is -0.337. The van der Waals surface area contributed by atoms with Gasteiger partial charge in [-0.3, -0.25) is 4.79 Å². The summed E-state index contributed by atoms with van der Waals surface area (Å²) >= 11 is 7.20. The molecule has 27 heavy (non-hydrogen) atoms. The fraction of sp³-hybridized carbons (Fsp3) is 0. The van der Waals surface area contributed by atoms with E-state index in [2.05, 4.69) is 10.3 Å². The van der Waals surface area contributed by atoms with Gasteiger partial charge in [0.1, 0.15) is 17.3 Å². The van der Waals surface area contributed by atoms with Crippen LogP contribution < -0.4 is 5.32 Å². The molecule has 0 atom stereocenters. The van der Waals surface area contributed by atoms with Crippen LogP contribution in [0, 0.1) is 5.82 Å². The number of hydrogen-bond acceptors (Lipinski definition) is 4. The predicted molar refractivity (Wildman–Crippen MR) is 106 cm³/mol. The zero-order chi connectivity index (χ0) is 18.8. The van der Waals surface area contributed by atoms with Crippen molar-refractivity contribution in [3.05, 3.63) is 82.2 Å². The quantitative estimate of drug-likeness (QED) is 0.581. The van der Waals surface area contributed by atoms with E-state index in [4.69, 9.17) is 16.0 Å². The number of benzene rings is 2. The molecule has 1 aliphatic rings. The van der Waals surface area contributed by atoms with Crippen molar-refractivity contribution in [3.8, 4) is 11.3 Å². The van der Waals surface area contributed by atoms with Crippen LogP contribution in [0.2, 0.25) is 5.02 Å². The van der Waals surface area contributed by atoms with Crippen LogP contribution in [-0.4, -0.2) is 11.1 Å². The standard InChI is InChI=1S/C20H12ClFN2O2S/c21-13-3-1-2-12(10-13)17-9-8-16(26-17)11-18-19(25)24-20(27-18)23-15-6-4-14(22)5-7-15/h1-11H,(H,23,24,25). The molecule has 0 unspecified atom stereocenters. The van der Waals surface area contributed by atoms with Crippen molar-refractivity contribution in [2.45, 2.75) is 0 Å². The van der Waals surface area contributed by atoms with Gasteiger partial charge in [-0.15, -0.1) is 0 Å². The Morgan fingerprint density at radius 3 is 2.70 bits per heavy atom. The van der Waals surface area contributed by atoms with E-state index in [1.807, 2.05) is 24.3 Å². The third kappa shape index (κ3) is 4.13. The zero-order valence-electron chi connectivity index (χ0n) is 13.8. The number of hydrogen-bond donors (Lipinski definition) is 1. The SMILES string of the molecule is O=C1NC(=Nc2ccc(F)cc2)SC1=Cc1ccc(-c2cccc(Cl)c2)o1. The molecule has 0 saturated carbocycles. The molecule has 0 spiro atoms. The first-order valence-electron chi connectivity index (χ1n) is 7.98. The number of amidine groups is 1. The van der Waals surface area contributed by atoms with E-state index in [0.29, 0.717) is 32.3 Å². The molecule has 7 heteroatoms. The fourth-order valence-corrected chi connectivity index (χ4v) is 3.48. The molecule has 1 aromatic heterocycles. The van der Waals surface area contributed by atoms with Crippen molar-refractivity contribution in [1.29, 1.82) is 0 Å². The van der Waals surface area contributed by atoms with Crippen molar-refractivity contribution in [3.63, 3.8) is 0 Å². The van der Waals surface area contributed by atoms with Crippen molar-refractivity contribution in [2.75, 3.05) is 0 Å². The summed E-state index contributed by atoms with van der Waals surface area (Å²) in [4.78, 5) is 16.9. The molecule has 1 amide bonds. The molecule has 1 saturated heterocycles. The molecular formula is C20H12ClFN2O2S. The largest absolute Gasteiger partial charge is 0.457 e. The second-order valence-corrected chi connectivity index (χ2v) is 7.14. The van der Waals surface area contributed by atoms with Gasteiger partial charge in [-0.05, 0) is 60.3 Å². The molecule has 134 valence electrons. The van der Waals surface area contributed by atoms with Gasteiger partial charge in [-0.25, -0.2) is 9.38 Å². The normalized spacial score (nSPS) is 16.9. The van der Waals surface area contributed by atoms with Gasteiger partial charge in [-0.2, -0.15) is 0 Å². The molecule has 1 aliphatic heterocycles. The van der Waals surface area contributed by atoms with Crippen molar-refractivity contribution >= 4 is 46.2 Å². The first-order valence-corrected chi connectivity index (χ1v) is 9.17. The van der Waals surface area contributed by atoms with Crippen LogP contribution in [0.25, 0.3) is 17.4 Å². The van der Waals surface area contributed by atoms with Crippen LogP contribution in [0.15, 0.2) is 75.0 Å². The summed E-state index contributed by atoms with van der Waals surface area (Å²) in [6, 6.07) is 16.7. The molecule has 3 aromatic rings. The van der Waals surface area contributed by atoms with E-state index in [0.717, 1.165) is 5.56 Å². The molecule has 4 rings (SSSR count). The Morgan fingerprint density at radius 2 is 1.93 bits per heavy atom. The summed E-state index contributed by atoms with van der Waals surface area (Å²) in [5, 5.41) is 3.74. The van der Waals surface area contributed by atoms with Gasteiger partial charge >= 0.3 is 0 Å². The maximum atomic E-state index is 13.0. The van der Waals surface area contributed by atoms with Crippen LogP contribution >= 0.6 is 23.4 Å².